The van der Waals surface area contributed by atoms with E-state index in [2.05, 4.69) is 12.2 Å². The van der Waals surface area contributed by atoms with Crippen LogP contribution in [0.5, 0.6) is 0 Å². The summed E-state index contributed by atoms with van der Waals surface area (Å²) in [6.07, 6.45) is 2.18. The van der Waals surface area contributed by atoms with Gasteiger partial charge in [0, 0.05) is 38.4 Å². The number of amides is 2. The van der Waals surface area contributed by atoms with Crippen molar-refractivity contribution in [3.63, 3.8) is 0 Å². The molecule has 1 aromatic rings. The fourth-order valence-electron chi connectivity index (χ4n) is 2.54. The van der Waals surface area contributed by atoms with Gasteiger partial charge in [0.2, 0.25) is 5.91 Å². The number of benzene rings is 1. The van der Waals surface area contributed by atoms with E-state index in [9.17, 15) is 9.59 Å². The van der Waals surface area contributed by atoms with Gasteiger partial charge < -0.3 is 15.1 Å². The van der Waals surface area contributed by atoms with Crippen LogP contribution in [0.2, 0.25) is 0 Å². The molecule has 1 aromatic carbocycles. The van der Waals surface area contributed by atoms with Crippen LogP contribution in [0.3, 0.4) is 0 Å². The lowest BCUT2D eigenvalue weighted by molar-refractivity contribution is -0.130. The number of nitrogens with zero attached hydrogens (tertiary/aromatic N) is 2. The van der Waals surface area contributed by atoms with E-state index < -0.39 is 0 Å². The fourth-order valence-corrected chi connectivity index (χ4v) is 2.54. The second kappa shape index (κ2) is 7.29. The second-order valence-corrected chi connectivity index (χ2v) is 6.19. The minimum atomic E-state index is -0.0231. The van der Waals surface area contributed by atoms with Gasteiger partial charge in [-0.3, -0.25) is 9.59 Å². The van der Waals surface area contributed by atoms with Gasteiger partial charge in [0.25, 0.3) is 5.91 Å². The molecule has 0 atom stereocenters. The molecule has 1 aliphatic heterocycles. The summed E-state index contributed by atoms with van der Waals surface area (Å²) in [4.78, 5) is 27.4. The lowest BCUT2D eigenvalue weighted by Gasteiger charge is -2.30. The molecule has 1 fully saturated rings. The van der Waals surface area contributed by atoms with Gasteiger partial charge in [0.15, 0.2) is 0 Å². The lowest BCUT2D eigenvalue weighted by atomic mass is 9.99. The van der Waals surface area contributed by atoms with E-state index >= 15 is 0 Å². The Morgan fingerprint density at radius 3 is 2.32 bits per heavy atom. The Balaban J connectivity index is 1.84. The Labute approximate surface area is 132 Å². The maximum absolute atomic E-state index is 12.1. The Bertz CT molecular complexity index is 517. The first-order chi connectivity index (χ1) is 10.5. The number of rotatable bonds is 4. The van der Waals surface area contributed by atoms with Crippen LogP contribution >= 0.6 is 0 Å². The second-order valence-electron chi connectivity index (χ2n) is 6.19. The van der Waals surface area contributed by atoms with Gasteiger partial charge in [-0.1, -0.05) is 6.92 Å². The number of carbonyl (C=O) groups is 2. The zero-order valence-corrected chi connectivity index (χ0v) is 13.6. The molecule has 1 aliphatic rings. The van der Waals surface area contributed by atoms with Crippen LogP contribution in [0, 0.1) is 5.92 Å². The third-order valence-corrected chi connectivity index (χ3v) is 4.12. The van der Waals surface area contributed by atoms with Crippen molar-refractivity contribution < 1.29 is 9.59 Å². The van der Waals surface area contributed by atoms with Crippen LogP contribution in [0.1, 0.15) is 30.1 Å². The summed E-state index contributed by atoms with van der Waals surface area (Å²) < 4.78 is 0. The molecule has 1 heterocycles. The van der Waals surface area contributed by atoms with Crippen molar-refractivity contribution in [3.8, 4) is 0 Å². The van der Waals surface area contributed by atoms with Crippen molar-refractivity contribution in [3.05, 3.63) is 29.8 Å². The van der Waals surface area contributed by atoms with E-state index in [1.54, 1.807) is 31.1 Å². The largest absolute Gasteiger partial charge is 0.376 e. The molecule has 5 nitrogen and oxygen atoms in total. The molecule has 0 bridgehead atoms. The molecular weight excluding hydrogens is 278 g/mol. The average molecular weight is 303 g/mol. The van der Waals surface area contributed by atoms with Gasteiger partial charge in [0.1, 0.15) is 0 Å². The molecule has 1 saturated heterocycles. The summed E-state index contributed by atoms with van der Waals surface area (Å²) in [6, 6.07) is 7.22. The van der Waals surface area contributed by atoms with E-state index in [1.165, 1.54) is 0 Å². The van der Waals surface area contributed by atoms with Gasteiger partial charge in [0.05, 0.1) is 6.54 Å². The van der Waals surface area contributed by atoms with Crippen molar-refractivity contribution >= 4 is 17.5 Å². The normalized spacial score (nSPS) is 15.5. The van der Waals surface area contributed by atoms with Crippen LogP contribution in [0.25, 0.3) is 0 Å². The van der Waals surface area contributed by atoms with E-state index in [0.29, 0.717) is 12.1 Å². The van der Waals surface area contributed by atoms with E-state index in [0.717, 1.165) is 37.5 Å². The highest BCUT2D eigenvalue weighted by Crippen LogP contribution is 2.16. The number of hydrogen-bond donors (Lipinski definition) is 1. The Morgan fingerprint density at radius 2 is 1.77 bits per heavy atom. The third-order valence-electron chi connectivity index (χ3n) is 4.12. The predicted molar refractivity (Wildman–Crippen MR) is 87.9 cm³/mol. The molecule has 2 amide bonds. The molecule has 0 spiro atoms. The highest BCUT2D eigenvalue weighted by atomic mass is 16.2. The molecule has 2 rings (SSSR count). The fraction of sp³-hybridized carbons (Fsp3) is 0.529. The monoisotopic (exact) mass is 303 g/mol. The number of likely N-dealkylation sites (tertiary alicyclic amines) is 1. The Hall–Kier alpha value is -2.04. The highest BCUT2D eigenvalue weighted by molar-refractivity contribution is 5.94. The molecule has 0 unspecified atom stereocenters. The van der Waals surface area contributed by atoms with Gasteiger partial charge in [-0.15, -0.1) is 0 Å². The van der Waals surface area contributed by atoms with Gasteiger partial charge in [-0.25, -0.2) is 0 Å². The van der Waals surface area contributed by atoms with Crippen molar-refractivity contribution in [1.82, 2.24) is 9.80 Å². The van der Waals surface area contributed by atoms with Gasteiger partial charge in [-0.2, -0.15) is 0 Å². The van der Waals surface area contributed by atoms with Crippen LogP contribution < -0.4 is 5.32 Å². The summed E-state index contributed by atoms with van der Waals surface area (Å²) in [6.45, 7) is 4.25. The van der Waals surface area contributed by atoms with Crippen molar-refractivity contribution in [2.24, 2.45) is 5.92 Å². The minimum Gasteiger partial charge on any atom is -0.376 e. The first-order valence-electron chi connectivity index (χ1n) is 7.80. The first kappa shape index (κ1) is 16.3. The number of piperidine rings is 1. The number of anilines is 1. The quantitative estimate of drug-likeness (QED) is 0.926. The smallest absolute Gasteiger partial charge is 0.253 e. The minimum absolute atomic E-state index is 0.0231. The summed E-state index contributed by atoms with van der Waals surface area (Å²) in [5, 5.41) is 3.13. The van der Waals surface area contributed by atoms with Crippen molar-refractivity contribution in [1.29, 1.82) is 0 Å². The van der Waals surface area contributed by atoms with Gasteiger partial charge in [-0.05, 0) is 43.0 Å². The highest BCUT2D eigenvalue weighted by Gasteiger charge is 2.19. The third kappa shape index (κ3) is 4.23. The maximum atomic E-state index is 12.1. The molecule has 120 valence electrons. The summed E-state index contributed by atoms with van der Waals surface area (Å²) in [7, 11) is 3.46. The number of hydrogen-bond acceptors (Lipinski definition) is 3. The average Bonchev–Trinajstić information content (AvgIpc) is 2.53. The maximum Gasteiger partial charge on any atom is 0.253 e. The zero-order valence-electron chi connectivity index (χ0n) is 13.6. The summed E-state index contributed by atoms with van der Waals surface area (Å²) >= 11 is 0. The van der Waals surface area contributed by atoms with Crippen LogP contribution in [0.4, 0.5) is 5.69 Å². The molecule has 0 aliphatic carbocycles. The van der Waals surface area contributed by atoms with Crippen LogP contribution in [-0.4, -0.2) is 55.3 Å². The van der Waals surface area contributed by atoms with E-state index in [-0.39, 0.29) is 11.8 Å². The summed E-state index contributed by atoms with van der Waals surface area (Å²) in [5.41, 5.74) is 1.50. The van der Waals surface area contributed by atoms with Crippen molar-refractivity contribution in [2.45, 2.75) is 19.8 Å². The Kier molecular flexibility index (Phi) is 5.41. The van der Waals surface area contributed by atoms with E-state index in [4.69, 9.17) is 0 Å². The van der Waals surface area contributed by atoms with Crippen LogP contribution in [0.15, 0.2) is 24.3 Å². The standard InChI is InChI=1S/C17H25N3O2/c1-13-8-10-20(11-9-13)16(21)12-18-15-6-4-14(5-7-15)17(22)19(2)3/h4-7,13,18H,8-12H2,1-3H3. The molecule has 22 heavy (non-hydrogen) atoms. The Morgan fingerprint density at radius 1 is 1.18 bits per heavy atom. The molecule has 0 radical (unpaired) electrons. The van der Waals surface area contributed by atoms with E-state index in [1.807, 2.05) is 17.0 Å². The number of carbonyl (C=O) groups excluding carboxylic acids is 2. The molecular formula is C17H25N3O2. The molecule has 1 N–H and O–H groups in total. The topological polar surface area (TPSA) is 52.7 Å². The van der Waals surface area contributed by atoms with Gasteiger partial charge >= 0.3 is 0 Å². The molecule has 5 heteroatoms. The predicted octanol–water partition coefficient (Wildman–Crippen LogP) is 2.06. The van der Waals surface area contributed by atoms with Crippen molar-refractivity contribution in [2.75, 3.05) is 39.0 Å². The first-order valence-corrected chi connectivity index (χ1v) is 7.80. The van der Waals surface area contributed by atoms with Crippen LogP contribution in [-0.2, 0) is 4.79 Å². The lowest BCUT2D eigenvalue weighted by Crippen LogP contribution is -2.40. The summed E-state index contributed by atoms with van der Waals surface area (Å²) in [5.74, 6) is 0.837. The number of nitrogens with one attached hydrogen (secondary N) is 1. The molecule has 0 aromatic heterocycles. The zero-order chi connectivity index (χ0) is 16.1. The SMILES string of the molecule is CC1CCN(C(=O)CNc2ccc(C(=O)N(C)C)cc2)CC1. The molecule has 0 saturated carbocycles.